The first-order valence-electron chi connectivity index (χ1n) is 9.75. The number of carbonyl (C=O) groups excluding carboxylic acids is 2. The molecule has 0 saturated carbocycles. The number of furan rings is 1. The highest BCUT2D eigenvalue weighted by Gasteiger charge is 2.42. The molecule has 7 heteroatoms. The summed E-state index contributed by atoms with van der Waals surface area (Å²) >= 11 is 0. The first-order valence-corrected chi connectivity index (χ1v) is 9.75. The van der Waals surface area contributed by atoms with Gasteiger partial charge in [-0.15, -0.1) is 0 Å². The lowest BCUT2D eigenvalue weighted by atomic mass is 9.97. The lowest BCUT2D eigenvalue weighted by molar-refractivity contribution is -0.138. The molecule has 7 nitrogen and oxygen atoms in total. The van der Waals surface area contributed by atoms with Gasteiger partial charge in [0.1, 0.15) is 17.2 Å². The number of nitrogens with zero attached hydrogens (tertiary/aromatic N) is 2. The maximum atomic E-state index is 13.3. The first-order chi connectivity index (χ1) is 14.1. The summed E-state index contributed by atoms with van der Waals surface area (Å²) < 4.78 is 10.6. The lowest BCUT2D eigenvalue weighted by Crippen LogP contribution is -2.40. The van der Waals surface area contributed by atoms with Gasteiger partial charge in [0.15, 0.2) is 0 Å². The summed E-state index contributed by atoms with van der Waals surface area (Å²) in [5.41, 5.74) is 1.47. The van der Waals surface area contributed by atoms with Crippen LogP contribution in [-0.4, -0.2) is 53.5 Å². The molecule has 4 rings (SSSR count). The zero-order valence-electron chi connectivity index (χ0n) is 16.3. The van der Waals surface area contributed by atoms with Crippen LogP contribution in [0.1, 0.15) is 24.2 Å². The van der Waals surface area contributed by atoms with Crippen LogP contribution in [0.3, 0.4) is 0 Å². The molecule has 0 aliphatic carbocycles. The predicted molar refractivity (Wildman–Crippen MR) is 106 cm³/mol. The Hall–Kier alpha value is -3.06. The molecule has 2 aliphatic heterocycles. The maximum Gasteiger partial charge on any atom is 0.278 e. The second-order valence-electron chi connectivity index (χ2n) is 7.36. The van der Waals surface area contributed by atoms with Crippen LogP contribution in [0.5, 0.6) is 5.75 Å². The van der Waals surface area contributed by atoms with Crippen molar-refractivity contribution >= 4 is 17.4 Å². The quantitative estimate of drug-likeness (QED) is 0.755. The van der Waals surface area contributed by atoms with E-state index in [1.165, 1.54) is 11.2 Å². The van der Waals surface area contributed by atoms with Crippen molar-refractivity contribution in [2.24, 2.45) is 5.92 Å². The summed E-state index contributed by atoms with van der Waals surface area (Å²) in [6.07, 6.45) is 3.30. The monoisotopic (exact) mass is 396 g/mol. The number of likely N-dealkylation sites (tertiary alicyclic amines) is 1. The van der Waals surface area contributed by atoms with Crippen molar-refractivity contribution in [1.82, 2.24) is 9.80 Å². The molecule has 1 aromatic heterocycles. The number of benzene rings is 1. The van der Waals surface area contributed by atoms with Gasteiger partial charge in [0.2, 0.25) is 0 Å². The number of ether oxygens (including phenoxy) is 1. The van der Waals surface area contributed by atoms with Crippen LogP contribution in [0.15, 0.2) is 52.8 Å². The number of aliphatic hydroxyl groups excluding tert-OH is 1. The molecule has 1 fully saturated rings. The predicted octanol–water partition coefficient (Wildman–Crippen LogP) is 2.27. The van der Waals surface area contributed by atoms with E-state index in [1.807, 2.05) is 4.90 Å². The largest absolute Gasteiger partial charge is 0.497 e. The van der Waals surface area contributed by atoms with Gasteiger partial charge < -0.3 is 19.2 Å². The van der Waals surface area contributed by atoms with E-state index < -0.39 is 0 Å². The van der Waals surface area contributed by atoms with Crippen LogP contribution in [0.4, 0.5) is 0 Å². The summed E-state index contributed by atoms with van der Waals surface area (Å²) in [5.74, 6) is 0.663. The van der Waals surface area contributed by atoms with Crippen molar-refractivity contribution in [3.8, 4) is 5.75 Å². The highest BCUT2D eigenvalue weighted by molar-refractivity contribution is 6.35. The molecule has 0 bridgehead atoms. The second kappa shape index (κ2) is 8.13. The van der Waals surface area contributed by atoms with Crippen molar-refractivity contribution < 1.29 is 23.8 Å². The third-order valence-electron chi connectivity index (χ3n) is 5.51. The van der Waals surface area contributed by atoms with Gasteiger partial charge in [0.25, 0.3) is 11.8 Å². The number of imide groups is 1. The van der Waals surface area contributed by atoms with Gasteiger partial charge in [0.05, 0.1) is 25.5 Å². The summed E-state index contributed by atoms with van der Waals surface area (Å²) in [6, 6.07) is 10.6. The molecule has 1 N–H and O–H groups in total. The van der Waals surface area contributed by atoms with Crippen molar-refractivity contribution in [2.75, 3.05) is 26.8 Å². The minimum Gasteiger partial charge on any atom is -0.497 e. The molecule has 2 aromatic rings. The van der Waals surface area contributed by atoms with Gasteiger partial charge >= 0.3 is 0 Å². The van der Waals surface area contributed by atoms with Crippen LogP contribution in [0, 0.1) is 5.92 Å². The number of amides is 2. The molecular weight excluding hydrogens is 372 g/mol. The third kappa shape index (κ3) is 3.65. The Morgan fingerprint density at radius 1 is 1.17 bits per heavy atom. The lowest BCUT2D eigenvalue weighted by Gasteiger charge is -2.34. The highest BCUT2D eigenvalue weighted by atomic mass is 16.5. The molecule has 29 heavy (non-hydrogen) atoms. The van der Waals surface area contributed by atoms with E-state index in [-0.39, 0.29) is 30.9 Å². The standard InChI is InChI=1S/C22H24N2O5/c1-28-17-8-6-16(7-9-17)19-20(23-10-2-4-15(12-23)14-25)22(27)24(21(19)26)13-18-5-3-11-29-18/h3,5-9,11,15,25H,2,4,10,12-14H2,1H3. The minimum atomic E-state index is -0.335. The van der Waals surface area contributed by atoms with Crippen molar-refractivity contribution in [2.45, 2.75) is 19.4 Å². The molecule has 1 aromatic carbocycles. The SMILES string of the molecule is COc1ccc(C2=C(N3CCCC(CO)C3)C(=O)N(Cc3ccco3)C2=O)cc1. The fourth-order valence-corrected chi connectivity index (χ4v) is 3.99. The van der Waals surface area contributed by atoms with Crippen LogP contribution in [0.2, 0.25) is 0 Å². The molecule has 2 aliphatic rings. The van der Waals surface area contributed by atoms with Gasteiger partial charge in [0, 0.05) is 19.7 Å². The van der Waals surface area contributed by atoms with E-state index >= 15 is 0 Å². The van der Waals surface area contributed by atoms with Gasteiger partial charge in [-0.25, -0.2) is 0 Å². The molecule has 0 radical (unpaired) electrons. The zero-order chi connectivity index (χ0) is 20.4. The van der Waals surface area contributed by atoms with Gasteiger partial charge in [-0.1, -0.05) is 12.1 Å². The smallest absolute Gasteiger partial charge is 0.278 e. The van der Waals surface area contributed by atoms with E-state index in [2.05, 4.69) is 0 Å². The first kappa shape index (κ1) is 19.3. The Kier molecular flexibility index (Phi) is 5.40. The minimum absolute atomic E-state index is 0.0693. The van der Waals surface area contributed by atoms with Crippen LogP contribution < -0.4 is 4.74 Å². The zero-order valence-corrected chi connectivity index (χ0v) is 16.3. The Labute approximate surface area is 169 Å². The maximum absolute atomic E-state index is 13.3. The van der Waals surface area contributed by atoms with Crippen molar-refractivity contribution in [3.05, 3.63) is 59.7 Å². The Balaban J connectivity index is 1.73. The topological polar surface area (TPSA) is 83.2 Å². The number of carbonyl (C=O) groups is 2. The molecule has 0 spiro atoms. The molecule has 3 heterocycles. The molecule has 2 amide bonds. The average Bonchev–Trinajstić information content (AvgIpc) is 3.36. The Bertz CT molecular complexity index is 917. The summed E-state index contributed by atoms with van der Waals surface area (Å²) in [5, 5.41) is 9.60. The van der Waals surface area contributed by atoms with E-state index in [0.29, 0.717) is 41.4 Å². The fourth-order valence-electron chi connectivity index (χ4n) is 3.99. The molecule has 1 saturated heterocycles. The number of methoxy groups -OCH3 is 1. The molecule has 1 unspecified atom stereocenters. The third-order valence-corrected chi connectivity index (χ3v) is 5.51. The number of rotatable bonds is 6. The van der Waals surface area contributed by atoms with Crippen LogP contribution in [0.25, 0.3) is 5.57 Å². The Morgan fingerprint density at radius 2 is 1.97 bits per heavy atom. The van der Waals surface area contributed by atoms with E-state index in [4.69, 9.17) is 9.15 Å². The van der Waals surface area contributed by atoms with E-state index in [9.17, 15) is 14.7 Å². The summed E-state index contributed by atoms with van der Waals surface area (Å²) in [6.45, 7) is 1.39. The summed E-state index contributed by atoms with van der Waals surface area (Å²) in [4.78, 5) is 29.8. The van der Waals surface area contributed by atoms with Gasteiger partial charge in [-0.3, -0.25) is 14.5 Å². The second-order valence-corrected chi connectivity index (χ2v) is 7.36. The number of hydrogen-bond acceptors (Lipinski definition) is 6. The average molecular weight is 396 g/mol. The van der Waals surface area contributed by atoms with Crippen LogP contribution in [-0.2, 0) is 16.1 Å². The van der Waals surface area contributed by atoms with Crippen LogP contribution >= 0.6 is 0 Å². The highest BCUT2D eigenvalue weighted by Crippen LogP contribution is 2.35. The fraction of sp³-hybridized carbons (Fsp3) is 0.364. The number of aliphatic hydroxyl groups is 1. The molecular formula is C22H24N2O5. The van der Waals surface area contributed by atoms with Crippen molar-refractivity contribution in [3.63, 3.8) is 0 Å². The van der Waals surface area contributed by atoms with E-state index in [1.54, 1.807) is 43.5 Å². The van der Waals surface area contributed by atoms with Gasteiger partial charge in [-0.2, -0.15) is 0 Å². The number of hydrogen-bond donors (Lipinski definition) is 1. The van der Waals surface area contributed by atoms with Gasteiger partial charge in [-0.05, 0) is 48.6 Å². The normalized spacial score (nSPS) is 20.0. The number of piperidine rings is 1. The molecule has 1 atom stereocenters. The van der Waals surface area contributed by atoms with Crippen molar-refractivity contribution in [1.29, 1.82) is 0 Å². The molecule has 152 valence electrons. The summed E-state index contributed by atoms with van der Waals surface area (Å²) in [7, 11) is 1.58. The van der Waals surface area contributed by atoms with E-state index in [0.717, 1.165) is 12.8 Å². The Morgan fingerprint density at radius 3 is 2.62 bits per heavy atom.